The van der Waals surface area contributed by atoms with Crippen LogP contribution in [0.15, 0.2) is 54.7 Å². The Morgan fingerprint density at radius 2 is 2.00 bits per heavy atom. The van der Waals surface area contributed by atoms with Crippen LogP contribution in [0.3, 0.4) is 0 Å². The zero-order valence-corrected chi connectivity index (χ0v) is 19.6. The van der Waals surface area contributed by atoms with Crippen LogP contribution in [-0.4, -0.2) is 27.5 Å². The lowest BCUT2D eigenvalue weighted by Gasteiger charge is -2.23. The first-order valence-electron chi connectivity index (χ1n) is 11.0. The number of nitrogens with one attached hydrogen (secondary N) is 1. The first-order chi connectivity index (χ1) is 15.7. The number of nitrogens with zero attached hydrogens (tertiary/aromatic N) is 4. The normalized spacial score (nSPS) is 11.9. The maximum atomic E-state index is 5.72. The molecule has 0 aliphatic rings. The van der Waals surface area contributed by atoms with Crippen LogP contribution < -0.4 is 11.2 Å². The zero-order valence-electron chi connectivity index (χ0n) is 18.8. The number of rotatable bonds is 9. The van der Waals surface area contributed by atoms with Gasteiger partial charge in [-0.2, -0.15) is 0 Å². The number of allylic oxidation sites excluding steroid dienone is 1. The van der Waals surface area contributed by atoms with Crippen LogP contribution in [-0.2, 0) is 6.42 Å². The molecule has 0 amide bonds. The number of hydrogen-bond acceptors (Lipinski definition) is 5. The fourth-order valence-electron chi connectivity index (χ4n) is 3.72. The van der Waals surface area contributed by atoms with Gasteiger partial charge in [-0.3, -0.25) is 4.40 Å². The van der Waals surface area contributed by atoms with Crippen molar-refractivity contribution in [1.29, 1.82) is 0 Å². The highest BCUT2D eigenvalue weighted by Crippen LogP contribution is 2.38. The van der Waals surface area contributed by atoms with Crippen molar-refractivity contribution in [2.24, 2.45) is 5.73 Å². The Bertz CT molecular complexity index is 1220. The van der Waals surface area contributed by atoms with E-state index < -0.39 is 0 Å². The summed E-state index contributed by atoms with van der Waals surface area (Å²) in [5.74, 6) is 0. The standard InChI is InChI=1S/C25H29N6S/c1-4-20(30-27-5-2)24-22(19-11-7-6-8-12-19)29-25(32-24)23-17(3)28-21-14-13-18(10-9-15-26)16-31(21)23/h4,6-8,11-14,16,30H,5,9-10,15,26H2,1-3H3/q-1. The number of benzene rings is 1. The lowest BCUT2D eigenvalue weighted by molar-refractivity contribution is 0.827. The number of aromatic nitrogens is 3. The van der Waals surface area contributed by atoms with Gasteiger partial charge >= 0.3 is 0 Å². The zero-order chi connectivity index (χ0) is 22.5. The van der Waals surface area contributed by atoms with E-state index in [0.29, 0.717) is 13.1 Å². The van der Waals surface area contributed by atoms with Crippen molar-refractivity contribution in [2.75, 3.05) is 13.1 Å². The average Bonchev–Trinajstić information content (AvgIpc) is 3.39. The van der Waals surface area contributed by atoms with E-state index in [-0.39, 0.29) is 0 Å². The van der Waals surface area contributed by atoms with Gasteiger partial charge in [0.15, 0.2) is 0 Å². The summed E-state index contributed by atoms with van der Waals surface area (Å²) in [5, 5.41) is 0.942. The smallest absolute Gasteiger partial charge is 0.143 e. The van der Waals surface area contributed by atoms with Gasteiger partial charge in [-0.15, -0.1) is 17.9 Å². The third kappa shape index (κ3) is 4.46. The average molecular weight is 446 g/mol. The summed E-state index contributed by atoms with van der Waals surface area (Å²) >= 11 is 1.67. The highest BCUT2D eigenvalue weighted by atomic mass is 32.1. The maximum absolute atomic E-state index is 5.72. The number of hydrogen-bond donors (Lipinski definition) is 2. The summed E-state index contributed by atoms with van der Waals surface area (Å²) < 4.78 is 2.16. The van der Waals surface area contributed by atoms with Crippen molar-refractivity contribution in [3.05, 3.63) is 76.3 Å². The molecule has 7 heteroatoms. The molecule has 1 aromatic carbocycles. The lowest BCUT2D eigenvalue weighted by atomic mass is 10.1. The Labute approximate surface area is 193 Å². The summed E-state index contributed by atoms with van der Waals surface area (Å²) in [6, 6.07) is 14.5. The van der Waals surface area contributed by atoms with E-state index in [1.807, 2.05) is 39.0 Å². The van der Waals surface area contributed by atoms with Crippen LogP contribution >= 0.6 is 11.3 Å². The SMILES string of the molecule is CC=C(N[N-]CC)c1sc(-c2c(C)nc3ccc(CCCN)cn23)nc1-c1ccccc1. The van der Waals surface area contributed by atoms with Gasteiger partial charge in [0, 0.05) is 17.5 Å². The fraction of sp³-hybridized carbons (Fsp3) is 0.280. The molecule has 0 spiro atoms. The number of fused-ring (bicyclic) bond motifs is 1. The lowest BCUT2D eigenvalue weighted by Crippen LogP contribution is -2.06. The largest absolute Gasteiger partial charge is 0.571 e. The van der Waals surface area contributed by atoms with Gasteiger partial charge in [0.1, 0.15) is 16.3 Å². The molecule has 166 valence electrons. The van der Waals surface area contributed by atoms with Crippen molar-refractivity contribution in [3.63, 3.8) is 0 Å². The number of imidazole rings is 1. The van der Waals surface area contributed by atoms with E-state index in [4.69, 9.17) is 15.7 Å². The number of aryl methyl sites for hydroxylation is 2. The van der Waals surface area contributed by atoms with Crippen molar-refractivity contribution >= 4 is 22.7 Å². The quantitative estimate of drug-likeness (QED) is 0.329. The number of nitrogens with two attached hydrogens (primary N) is 1. The topological polar surface area (TPSA) is 82.3 Å². The Kier molecular flexibility index (Phi) is 6.99. The number of pyridine rings is 1. The summed E-state index contributed by atoms with van der Waals surface area (Å²) in [5.41, 5.74) is 20.5. The van der Waals surface area contributed by atoms with Gasteiger partial charge in [0.25, 0.3) is 0 Å². The maximum Gasteiger partial charge on any atom is 0.143 e. The Balaban J connectivity index is 1.87. The molecule has 0 aliphatic heterocycles. The summed E-state index contributed by atoms with van der Waals surface area (Å²) in [4.78, 5) is 11.0. The van der Waals surface area contributed by atoms with Gasteiger partial charge in [-0.25, -0.2) is 9.97 Å². The van der Waals surface area contributed by atoms with Crippen molar-refractivity contribution < 1.29 is 0 Å². The third-order valence-electron chi connectivity index (χ3n) is 5.29. The van der Waals surface area contributed by atoms with E-state index in [2.05, 4.69) is 51.8 Å². The molecule has 3 aromatic heterocycles. The second kappa shape index (κ2) is 10.1. The highest BCUT2D eigenvalue weighted by Gasteiger charge is 2.20. The fourth-order valence-corrected chi connectivity index (χ4v) is 4.93. The molecular formula is C25H29N6S-. The molecule has 4 rings (SSSR count). The molecule has 0 fully saturated rings. The summed E-state index contributed by atoms with van der Waals surface area (Å²) in [6.07, 6.45) is 6.14. The molecule has 0 saturated heterocycles. The molecule has 32 heavy (non-hydrogen) atoms. The van der Waals surface area contributed by atoms with Crippen LogP contribution in [0.4, 0.5) is 0 Å². The van der Waals surface area contributed by atoms with Crippen molar-refractivity contribution in [2.45, 2.75) is 33.6 Å². The van der Waals surface area contributed by atoms with E-state index >= 15 is 0 Å². The minimum absolute atomic E-state index is 0.687. The summed E-state index contributed by atoms with van der Waals surface area (Å²) in [7, 11) is 0. The highest BCUT2D eigenvalue weighted by molar-refractivity contribution is 7.16. The first-order valence-corrected chi connectivity index (χ1v) is 11.8. The predicted octanol–water partition coefficient (Wildman–Crippen LogP) is 5.58. The van der Waals surface area contributed by atoms with Gasteiger partial charge < -0.3 is 16.6 Å². The van der Waals surface area contributed by atoms with Gasteiger partial charge in [-0.1, -0.05) is 49.4 Å². The van der Waals surface area contributed by atoms with Crippen LogP contribution in [0.1, 0.15) is 36.4 Å². The van der Waals surface area contributed by atoms with Crippen LogP contribution in [0.5, 0.6) is 0 Å². The van der Waals surface area contributed by atoms with Gasteiger partial charge in [0.2, 0.25) is 0 Å². The van der Waals surface area contributed by atoms with E-state index in [1.165, 1.54) is 5.56 Å². The van der Waals surface area contributed by atoms with E-state index in [1.54, 1.807) is 11.3 Å². The Morgan fingerprint density at radius 3 is 2.72 bits per heavy atom. The molecule has 0 saturated carbocycles. The third-order valence-corrected chi connectivity index (χ3v) is 6.39. The molecular weight excluding hydrogens is 416 g/mol. The van der Waals surface area contributed by atoms with Crippen LogP contribution in [0.2, 0.25) is 0 Å². The molecule has 4 aromatic rings. The molecule has 3 N–H and O–H groups in total. The minimum Gasteiger partial charge on any atom is -0.571 e. The summed E-state index contributed by atoms with van der Waals surface area (Å²) in [6.45, 7) is 7.46. The molecule has 0 atom stereocenters. The molecule has 0 unspecified atom stereocenters. The number of thiazole rings is 1. The first kappa shape index (κ1) is 22.2. The minimum atomic E-state index is 0.687. The second-order valence-electron chi connectivity index (χ2n) is 7.55. The van der Waals surface area contributed by atoms with E-state index in [9.17, 15) is 0 Å². The van der Waals surface area contributed by atoms with Crippen molar-refractivity contribution in [1.82, 2.24) is 19.8 Å². The Morgan fingerprint density at radius 1 is 1.19 bits per heavy atom. The molecule has 0 aliphatic carbocycles. The van der Waals surface area contributed by atoms with Crippen molar-refractivity contribution in [3.8, 4) is 22.0 Å². The van der Waals surface area contributed by atoms with E-state index in [0.717, 1.165) is 56.7 Å². The Hall–Kier alpha value is -3.00. The van der Waals surface area contributed by atoms with Crippen LogP contribution in [0.25, 0.3) is 38.7 Å². The second-order valence-corrected chi connectivity index (χ2v) is 8.55. The van der Waals surface area contributed by atoms with Crippen LogP contribution in [0, 0.1) is 6.92 Å². The van der Waals surface area contributed by atoms with Gasteiger partial charge in [-0.05, 0) is 44.9 Å². The molecule has 6 nitrogen and oxygen atoms in total. The molecule has 0 radical (unpaired) electrons. The van der Waals surface area contributed by atoms with Gasteiger partial charge in [0.05, 0.1) is 16.3 Å². The molecule has 0 bridgehead atoms. The predicted molar refractivity (Wildman–Crippen MR) is 135 cm³/mol. The molecule has 3 heterocycles. The monoisotopic (exact) mass is 445 g/mol.